The van der Waals surface area contributed by atoms with E-state index in [9.17, 15) is 18.3 Å². The van der Waals surface area contributed by atoms with Gasteiger partial charge >= 0.3 is 5.97 Å². The van der Waals surface area contributed by atoms with Crippen LogP contribution in [0.1, 0.15) is 21.8 Å². The van der Waals surface area contributed by atoms with Gasteiger partial charge in [0.05, 0.1) is 16.1 Å². The number of aromatic nitrogens is 2. The maximum Gasteiger partial charge on any atom is 0.339 e. The van der Waals surface area contributed by atoms with Crippen molar-refractivity contribution < 1.29 is 27.8 Å². The van der Waals surface area contributed by atoms with Crippen LogP contribution in [0.4, 0.5) is 5.69 Å². The van der Waals surface area contributed by atoms with Crippen molar-refractivity contribution in [2.75, 3.05) is 4.72 Å². The van der Waals surface area contributed by atoms with Crippen molar-refractivity contribution in [2.24, 2.45) is 0 Å². The number of aromatic carboxylic acids is 1. The van der Waals surface area contributed by atoms with E-state index in [1.165, 1.54) is 13.0 Å². The molecule has 140 valence electrons. The van der Waals surface area contributed by atoms with Crippen LogP contribution in [-0.4, -0.2) is 34.8 Å². The maximum atomic E-state index is 12.8. The summed E-state index contributed by atoms with van der Waals surface area (Å²) in [5, 5.41) is 26.5. The summed E-state index contributed by atoms with van der Waals surface area (Å²) in [7, 11) is -4.15. The number of hydrogen-bond donors (Lipinski definition) is 3. The standard InChI is InChI=1S/C17H15N3O6S/c1-9-7-14(21)12(17(22)23)8-15(9)27(24,25)20-13-6-4-3-5-11(13)16-19-18-10(2)26-16/h3-8,20-21H,1-2H3,(H,22,23). The summed E-state index contributed by atoms with van der Waals surface area (Å²) in [6, 6.07) is 8.43. The van der Waals surface area contributed by atoms with Crippen LogP contribution in [0.15, 0.2) is 45.7 Å². The fourth-order valence-corrected chi connectivity index (χ4v) is 3.83. The Bertz CT molecular complexity index is 1140. The van der Waals surface area contributed by atoms with Crippen LogP contribution in [-0.2, 0) is 10.0 Å². The third-order valence-corrected chi connectivity index (χ3v) is 5.25. The summed E-state index contributed by atoms with van der Waals surface area (Å²) in [4.78, 5) is 10.9. The molecule has 1 heterocycles. The highest BCUT2D eigenvalue weighted by Gasteiger charge is 2.23. The smallest absolute Gasteiger partial charge is 0.339 e. The van der Waals surface area contributed by atoms with Crippen LogP contribution in [0.2, 0.25) is 0 Å². The van der Waals surface area contributed by atoms with Crippen molar-refractivity contribution in [3.05, 3.63) is 53.4 Å². The van der Waals surface area contributed by atoms with E-state index in [1.807, 2.05) is 0 Å². The number of nitrogens with zero attached hydrogens (tertiary/aromatic N) is 2. The number of carboxylic acid groups (broad SMARTS) is 1. The van der Waals surface area contributed by atoms with Gasteiger partial charge in [-0.1, -0.05) is 12.1 Å². The van der Waals surface area contributed by atoms with Gasteiger partial charge in [-0.3, -0.25) is 4.72 Å². The third-order valence-electron chi connectivity index (χ3n) is 3.74. The van der Waals surface area contributed by atoms with Gasteiger partial charge in [0.1, 0.15) is 11.3 Å². The summed E-state index contributed by atoms with van der Waals surface area (Å²) >= 11 is 0. The molecule has 0 amide bonds. The number of anilines is 1. The molecule has 0 aliphatic rings. The lowest BCUT2D eigenvalue weighted by Crippen LogP contribution is -2.16. The number of carboxylic acids is 1. The topological polar surface area (TPSA) is 143 Å². The van der Waals surface area contributed by atoms with Gasteiger partial charge in [0.2, 0.25) is 11.8 Å². The Hall–Kier alpha value is -3.40. The van der Waals surface area contributed by atoms with E-state index in [4.69, 9.17) is 9.52 Å². The molecule has 0 fully saturated rings. The van der Waals surface area contributed by atoms with Gasteiger partial charge in [-0.2, -0.15) is 0 Å². The molecule has 2 aromatic carbocycles. The van der Waals surface area contributed by atoms with Crippen LogP contribution < -0.4 is 4.72 Å². The quantitative estimate of drug-likeness (QED) is 0.604. The van der Waals surface area contributed by atoms with Crippen LogP contribution in [0, 0.1) is 13.8 Å². The van der Waals surface area contributed by atoms with Crippen molar-refractivity contribution in [3.63, 3.8) is 0 Å². The van der Waals surface area contributed by atoms with E-state index in [0.29, 0.717) is 11.5 Å². The van der Waals surface area contributed by atoms with E-state index >= 15 is 0 Å². The number of benzene rings is 2. The normalized spacial score (nSPS) is 11.3. The lowest BCUT2D eigenvalue weighted by molar-refractivity contribution is 0.0693. The Balaban J connectivity index is 2.07. The van der Waals surface area contributed by atoms with E-state index in [2.05, 4.69) is 14.9 Å². The first-order chi connectivity index (χ1) is 12.7. The molecule has 9 nitrogen and oxygen atoms in total. The Morgan fingerprint density at radius 1 is 1.15 bits per heavy atom. The molecule has 0 aliphatic carbocycles. The average Bonchev–Trinajstić information content (AvgIpc) is 3.00. The van der Waals surface area contributed by atoms with E-state index in [0.717, 1.165) is 12.1 Å². The van der Waals surface area contributed by atoms with E-state index < -0.39 is 27.3 Å². The Morgan fingerprint density at radius 3 is 2.48 bits per heavy atom. The monoisotopic (exact) mass is 389 g/mol. The molecule has 0 bridgehead atoms. The number of carbonyl (C=O) groups is 1. The highest BCUT2D eigenvalue weighted by molar-refractivity contribution is 7.92. The summed E-state index contributed by atoms with van der Waals surface area (Å²) in [5.74, 6) is -1.49. The van der Waals surface area contributed by atoms with E-state index in [-0.39, 0.29) is 22.0 Å². The van der Waals surface area contributed by atoms with Gasteiger partial charge in [0, 0.05) is 6.92 Å². The fraction of sp³-hybridized carbons (Fsp3) is 0.118. The Labute approximate surface area is 154 Å². The summed E-state index contributed by atoms with van der Waals surface area (Å²) in [6.45, 7) is 3.06. The van der Waals surface area contributed by atoms with E-state index in [1.54, 1.807) is 25.1 Å². The second kappa shape index (κ2) is 6.72. The molecule has 0 atom stereocenters. The Morgan fingerprint density at radius 2 is 1.85 bits per heavy atom. The Kier molecular flexibility index (Phi) is 4.58. The minimum Gasteiger partial charge on any atom is -0.507 e. The molecule has 0 aliphatic heterocycles. The molecule has 0 radical (unpaired) electrons. The van der Waals surface area contributed by atoms with Crippen LogP contribution in [0.25, 0.3) is 11.5 Å². The number of para-hydroxylation sites is 1. The largest absolute Gasteiger partial charge is 0.507 e. The number of nitrogens with one attached hydrogen (secondary N) is 1. The predicted octanol–water partition coefficient (Wildman–Crippen LogP) is 2.56. The third kappa shape index (κ3) is 3.60. The van der Waals surface area contributed by atoms with Crippen molar-refractivity contribution >= 4 is 21.7 Å². The lowest BCUT2D eigenvalue weighted by atomic mass is 10.1. The molecule has 0 saturated carbocycles. The van der Waals surface area contributed by atoms with Crippen molar-refractivity contribution in [1.82, 2.24) is 10.2 Å². The number of rotatable bonds is 5. The van der Waals surface area contributed by atoms with Gasteiger partial charge in [-0.15, -0.1) is 10.2 Å². The molecule has 0 unspecified atom stereocenters. The molecule has 0 spiro atoms. The van der Waals surface area contributed by atoms with Gasteiger partial charge in [-0.25, -0.2) is 13.2 Å². The number of hydrogen-bond acceptors (Lipinski definition) is 7. The fourth-order valence-electron chi connectivity index (χ4n) is 2.50. The zero-order chi connectivity index (χ0) is 19.8. The minimum absolute atomic E-state index is 0.138. The van der Waals surface area contributed by atoms with Gasteiger partial charge < -0.3 is 14.6 Å². The zero-order valence-electron chi connectivity index (χ0n) is 14.3. The molecule has 10 heteroatoms. The number of aryl methyl sites for hydroxylation is 2. The maximum absolute atomic E-state index is 12.8. The van der Waals surface area contributed by atoms with Gasteiger partial charge in [0.25, 0.3) is 10.0 Å². The molecule has 27 heavy (non-hydrogen) atoms. The van der Waals surface area contributed by atoms with Crippen LogP contribution >= 0.6 is 0 Å². The molecular formula is C17H15N3O6S. The zero-order valence-corrected chi connectivity index (χ0v) is 15.1. The molecule has 1 aromatic heterocycles. The minimum atomic E-state index is -4.15. The molecule has 3 N–H and O–H groups in total. The van der Waals surface area contributed by atoms with Crippen molar-refractivity contribution in [1.29, 1.82) is 0 Å². The first kappa shape index (κ1) is 18.4. The van der Waals surface area contributed by atoms with Crippen LogP contribution in [0.5, 0.6) is 5.75 Å². The first-order valence-corrected chi connectivity index (χ1v) is 9.16. The number of aromatic hydroxyl groups is 1. The predicted molar refractivity (Wildman–Crippen MR) is 95.1 cm³/mol. The summed E-state index contributed by atoms with van der Waals surface area (Å²) in [5.41, 5.74) is 0.236. The first-order valence-electron chi connectivity index (χ1n) is 7.68. The van der Waals surface area contributed by atoms with Crippen molar-refractivity contribution in [2.45, 2.75) is 18.7 Å². The summed E-state index contributed by atoms with van der Waals surface area (Å²) in [6.07, 6.45) is 0. The van der Waals surface area contributed by atoms with Gasteiger partial charge in [0.15, 0.2) is 0 Å². The second-order valence-electron chi connectivity index (χ2n) is 5.72. The molecule has 0 saturated heterocycles. The highest BCUT2D eigenvalue weighted by atomic mass is 32.2. The SMILES string of the molecule is Cc1nnc(-c2ccccc2NS(=O)(=O)c2cc(C(=O)O)c(O)cc2C)o1. The van der Waals surface area contributed by atoms with Gasteiger partial charge in [-0.05, 0) is 36.8 Å². The number of phenols is 1. The highest BCUT2D eigenvalue weighted by Crippen LogP contribution is 2.31. The average molecular weight is 389 g/mol. The molecule has 3 aromatic rings. The lowest BCUT2D eigenvalue weighted by Gasteiger charge is -2.13. The number of sulfonamides is 1. The molecule has 3 rings (SSSR count). The van der Waals surface area contributed by atoms with Crippen LogP contribution in [0.3, 0.4) is 0 Å². The summed E-state index contributed by atoms with van der Waals surface area (Å²) < 4.78 is 33.4. The second-order valence-corrected chi connectivity index (χ2v) is 7.37. The van der Waals surface area contributed by atoms with Crippen molar-refractivity contribution in [3.8, 4) is 17.2 Å². The molecular weight excluding hydrogens is 374 g/mol.